The molecule has 0 amide bonds. The van der Waals surface area contributed by atoms with Crippen molar-refractivity contribution in [1.82, 2.24) is 5.32 Å². The van der Waals surface area contributed by atoms with E-state index < -0.39 is 0 Å². The number of benzene rings is 1. The minimum Gasteiger partial charge on any atom is -0.493 e. The van der Waals surface area contributed by atoms with Gasteiger partial charge in [-0.05, 0) is 37.0 Å². The molecule has 0 radical (unpaired) electrons. The van der Waals surface area contributed by atoms with Gasteiger partial charge in [-0.3, -0.25) is 0 Å². The second-order valence-electron chi connectivity index (χ2n) is 7.30. The Bertz CT molecular complexity index is 547. The predicted octanol–water partition coefficient (Wildman–Crippen LogP) is 4.04. The van der Waals surface area contributed by atoms with Crippen molar-refractivity contribution in [2.75, 3.05) is 26.9 Å². The van der Waals surface area contributed by atoms with Gasteiger partial charge in [0.2, 0.25) is 0 Å². The van der Waals surface area contributed by atoms with Gasteiger partial charge in [0.15, 0.2) is 17.3 Å². The molecule has 1 aromatic carbocycles. The third-order valence-electron chi connectivity index (χ3n) is 5.39. The van der Waals surface area contributed by atoms with Crippen molar-refractivity contribution in [3.05, 3.63) is 23.8 Å². The maximum atomic E-state index is 5.94. The topological polar surface area (TPSA) is 49.0 Å². The van der Waals surface area contributed by atoms with Crippen LogP contribution in [0.3, 0.4) is 0 Å². The first-order valence-electron chi connectivity index (χ1n) is 10.1. The number of nitrogens with one attached hydrogen (secondary N) is 1. The highest BCUT2D eigenvalue weighted by atomic mass is 16.7. The summed E-state index contributed by atoms with van der Waals surface area (Å²) >= 11 is 0. The molecule has 1 saturated heterocycles. The Morgan fingerprint density at radius 1 is 1.12 bits per heavy atom. The largest absolute Gasteiger partial charge is 0.493 e. The van der Waals surface area contributed by atoms with Gasteiger partial charge < -0.3 is 24.3 Å². The molecule has 1 aliphatic carbocycles. The van der Waals surface area contributed by atoms with E-state index in [9.17, 15) is 0 Å². The third kappa shape index (κ3) is 5.12. The van der Waals surface area contributed by atoms with E-state index in [0.29, 0.717) is 6.04 Å². The molecule has 1 saturated carbocycles. The van der Waals surface area contributed by atoms with Crippen LogP contribution in [0.1, 0.15) is 57.4 Å². The van der Waals surface area contributed by atoms with Gasteiger partial charge in [-0.15, -0.1) is 0 Å². The summed E-state index contributed by atoms with van der Waals surface area (Å²) in [7, 11) is 1.69. The molecule has 146 valence electrons. The maximum Gasteiger partial charge on any atom is 0.168 e. The van der Waals surface area contributed by atoms with Crippen molar-refractivity contribution in [2.45, 2.75) is 70.2 Å². The Morgan fingerprint density at radius 2 is 1.88 bits per heavy atom. The fourth-order valence-corrected chi connectivity index (χ4v) is 3.79. The zero-order valence-electron chi connectivity index (χ0n) is 16.2. The monoisotopic (exact) mass is 363 g/mol. The van der Waals surface area contributed by atoms with Crippen molar-refractivity contribution in [2.24, 2.45) is 0 Å². The van der Waals surface area contributed by atoms with Crippen molar-refractivity contribution in [1.29, 1.82) is 0 Å². The Labute approximate surface area is 157 Å². The first-order valence-corrected chi connectivity index (χ1v) is 10.1. The molecule has 0 bridgehead atoms. The Hall–Kier alpha value is -1.30. The molecule has 26 heavy (non-hydrogen) atoms. The minimum absolute atomic E-state index is 0.280. The highest BCUT2D eigenvalue weighted by molar-refractivity contribution is 5.43. The van der Waals surface area contributed by atoms with Gasteiger partial charge in [0.25, 0.3) is 0 Å². The zero-order chi connectivity index (χ0) is 18.2. The second-order valence-corrected chi connectivity index (χ2v) is 7.30. The van der Waals surface area contributed by atoms with Crippen molar-refractivity contribution >= 4 is 0 Å². The number of hydrogen-bond acceptors (Lipinski definition) is 5. The number of ether oxygens (including phenoxy) is 4. The molecule has 1 heterocycles. The third-order valence-corrected chi connectivity index (χ3v) is 5.39. The van der Waals surface area contributed by atoms with Crippen molar-refractivity contribution < 1.29 is 18.9 Å². The van der Waals surface area contributed by atoms with Gasteiger partial charge >= 0.3 is 0 Å². The molecule has 0 aromatic heterocycles. The lowest BCUT2D eigenvalue weighted by Crippen LogP contribution is -2.41. The van der Waals surface area contributed by atoms with E-state index in [4.69, 9.17) is 18.9 Å². The Balaban J connectivity index is 1.48. The minimum atomic E-state index is -0.280. The summed E-state index contributed by atoms with van der Waals surface area (Å²) in [6, 6.07) is 6.73. The van der Waals surface area contributed by atoms with Crippen molar-refractivity contribution in [3.8, 4) is 11.5 Å². The fraction of sp³-hybridized carbons (Fsp3) is 0.714. The van der Waals surface area contributed by atoms with Crippen LogP contribution in [-0.2, 0) is 16.0 Å². The van der Waals surface area contributed by atoms with Gasteiger partial charge in [0, 0.05) is 25.4 Å². The van der Waals surface area contributed by atoms with Crippen LogP contribution in [0.15, 0.2) is 18.2 Å². The molecule has 1 spiro atoms. The van der Waals surface area contributed by atoms with E-state index in [1.807, 2.05) is 6.07 Å². The van der Waals surface area contributed by atoms with Crippen LogP contribution >= 0.6 is 0 Å². The highest BCUT2D eigenvalue weighted by Gasteiger charge is 2.40. The molecule has 2 fully saturated rings. The number of methoxy groups -OCH3 is 1. The summed E-state index contributed by atoms with van der Waals surface area (Å²) in [6.07, 6.45) is 7.63. The summed E-state index contributed by atoms with van der Waals surface area (Å²) in [4.78, 5) is 0. The Morgan fingerprint density at radius 3 is 2.58 bits per heavy atom. The van der Waals surface area contributed by atoms with E-state index >= 15 is 0 Å². The molecule has 0 atom stereocenters. The molecule has 5 nitrogen and oxygen atoms in total. The van der Waals surface area contributed by atoms with Gasteiger partial charge in [0.05, 0.1) is 26.9 Å². The Kier molecular flexibility index (Phi) is 7.17. The first-order chi connectivity index (χ1) is 12.7. The quantitative estimate of drug-likeness (QED) is 0.671. The summed E-state index contributed by atoms with van der Waals surface area (Å²) < 4.78 is 23.0. The van der Waals surface area contributed by atoms with E-state index in [-0.39, 0.29) is 5.79 Å². The van der Waals surface area contributed by atoms with Gasteiger partial charge in [-0.25, -0.2) is 0 Å². The van der Waals surface area contributed by atoms with Crippen molar-refractivity contribution in [3.63, 3.8) is 0 Å². The standard InChI is InChI=1S/C21H33NO4/c1-3-4-5-12-24-20-15-17(6-7-19(20)23-2)16-22-18-8-10-21(11-9-18)25-13-14-26-21/h6-7,15,18,22H,3-5,8-14,16H2,1-2H3. The van der Waals surface area contributed by atoms with Gasteiger partial charge in [0.1, 0.15) is 0 Å². The molecular formula is C21H33NO4. The lowest BCUT2D eigenvalue weighted by molar-refractivity contribution is -0.179. The van der Waals surface area contributed by atoms with E-state index in [1.165, 1.54) is 18.4 Å². The van der Waals surface area contributed by atoms with Gasteiger partial charge in [-0.1, -0.05) is 25.8 Å². The first kappa shape index (κ1) is 19.5. The van der Waals surface area contributed by atoms with E-state index in [1.54, 1.807) is 7.11 Å². The molecule has 3 rings (SSSR count). The lowest BCUT2D eigenvalue weighted by Gasteiger charge is -2.35. The fourth-order valence-electron chi connectivity index (χ4n) is 3.79. The number of rotatable bonds is 9. The van der Waals surface area contributed by atoms with Crippen LogP contribution in [0.25, 0.3) is 0 Å². The number of unbranched alkanes of at least 4 members (excludes halogenated alkanes) is 2. The van der Waals surface area contributed by atoms with Gasteiger partial charge in [-0.2, -0.15) is 0 Å². The molecule has 1 aliphatic heterocycles. The van der Waals surface area contributed by atoms with Crippen LogP contribution in [0.4, 0.5) is 0 Å². The molecule has 1 N–H and O–H groups in total. The zero-order valence-corrected chi connectivity index (χ0v) is 16.2. The SMILES string of the molecule is CCCCCOc1cc(CNC2CCC3(CC2)OCCO3)ccc1OC. The normalized spacial score (nSPS) is 19.8. The average molecular weight is 363 g/mol. The van der Waals surface area contributed by atoms with Crippen LogP contribution in [0, 0.1) is 0 Å². The van der Waals surface area contributed by atoms with Crippen LogP contribution in [0.2, 0.25) is 0 Å². The second kappa shape index (κ2) is 9.58. The van der Waals surface area contributed by atoms with Crippen LogP contribution < -0.4 is 14.8 Å². The van der Waals surface area contributed by atoms with E-state index in [2.05, 4.69) is 24.4 Å². The summed E-state index contributed by atoms with van der Waals surface area (Å²) in [5.41, 5.74) is 1.23. The molecule has 2 aliphatic rings. The summed E-state index contributed by atoms with van der Waals surface area (Å²) in [5.74, 6) is 1.37. The van der Waals surface area contributed by atoms with Crippen LogP contribution in [-0.4, -0.2) is 38.8 Å². The maximum absolute atomic E-state index is 5.94. The molecule has 1 aromatic rings. The van der Waals surface area contributed by atoms with Crippen LogP contribution in [0.5, 0.6) is 11.5 Å². The number of hydrogen-bond donors (Lipinski definition) is 1. The lowest BCUT2D eigenvalue weighted by atomic mass is 9.90. The predicted molar refractivity (Wildman–Crippen MR) is 102 cm³/mol. The molecule has 5 heteroatoms. The average Bonchev–Trinajstić information content (AvgIpc) is 3.13. The molecule has 0 unspecified atom stereocenters. The highest BCUT2D eigenvalue weighted by Crippen LogP contribution is 2.36. The van der Waals surface area contributed by atoms with E-state index in [0.717, 1.165) is 70.0 Å². The smallest absolute Gasteiger partial charge is 0.168 e. The molecular weight excluding hydrogens is 330 g/mol. The summed E-state index contributed by atoms with van der Waals surface area (Å²) in [5, 5.41) is 3.68. The summed E-state index contributed by atoms with van der Waals surface area (Å²) in [6.45, 7) is 5.27.